The highest BCUT2D eigenvalue weighted by molar-refractivity contribution is 6.95. The molecule has 1 spiro atoms. The Bertz CT molecular complexity index is 3910. The van der Waals surface area contributed by atoms with Crippen LogP contribution in [0, 0.1) is 0 Å². The number of benzene rings is 9. The number of rotatable bonds is 2. The minimum absolute atomic E-state index is 0.000217. The zero-order valence-corrected chi connectivity index (χ0v) is 41.6. The van der Waals surface area contributed by atoms with Crippen molar-refractivity contribution in [2.24, 2.45) is 0 Å². The predicted molar refractivity (Wildman–Crippen MR) is 298 cm³/mol. The van der Waals surface area contributed by atoms with Crippen molar-refractivity contribution in [3.63, 3.8) is 0 Å². The average Bonchev–Trinajstić information content (AvgIpc) is 3.91. The zero-order chi connectivity index (χ0) is 47.9. The molecule has 10 aromatic rings. The van der Waals surface area contributed by atoms with Crippen LogP contribution in [0.3, 0.4) is 0 Å². The van der Waals surface area contributed by atoms with Crippen molar-refractivity contribution in [3.05, 3.63) is 221 Å². The summed E-state index contributed by atoms with van der Waals surface area (Å²) in [7, 11) is 0. The van der Waals surface area contributed by atoms with Gasteiger partial charge in [-0.05, 0) is 143 Å². The van der Waals surface area contributed by atoms with Crippen molar-refractivity contribution in [1.82, 2.24) is 0 Å². The Balaban J connectivity index is 1.13. The summed E-state index contributed by atoms with van der Waals surface area (Å²) in [4.78, 5) is 5.28. The molecular formula is C67H55BN2O. The molecule has 0 saturated heterocycles. The molecule has 0 radical (unpaired) electrons. The molecule has 71 heavy (non-hydrogen) atoms. The molecule has 0 amide bonds. The van der Waals surface area contributed by atoms with Crippen LogP contribution in [0.25, 0.3) is 55.1 Å². The summed E-state index contributed by atoms with van der Waals surface area (Å²) < 4.78 is 7.74. The Morgan fingerprint density at radius 3 is 1.83 bits per heavy atom. The normalized spacial score (nSPS) is 16.8. The van der Waals surface area contributed by atoms with Crippen LogP contribution in [0.4, 0.5) is 28.6 Å². The molecule has 2 aliphatic carbocycles. The molecule has 0 saturated carbocycles. The van der Waals surface area contributed by atoms with Gasteiger partial charge in [0.1, 0.15) is 5.58 Å². The van der Waals surface area contributed by atoms with Gasteiger partial charge in [0.05, 0.1) is 11.1 Å². The van der Waals surface area contributed by atoms with Crippen LogP contribution < -0.4 is 20.6 Å². The van der Waals surface area contributed by atoms with E-state index in [0.717, 1.165) is 35.7 Å². The van der Waals surface area contributed by atoms with E-state index in [1.807, 2.05) is 0 Å². The minimum atomic E-state index is -0.535. The topological polar surface area (TPSA) is 19.6 Å². The second kappa shape index (κ2) is 13.9. The van der Waals surface area contributed by atoms with Crippen molar-refractivity contribution in [2.45, 2.75) is 83.0 Å². The molecule has 3 aliphatic heterocycles. The molecule has 0 unspecified atom stereocenters. The molecule has 0 atom stereocenters. The van der Waals surface area contributed by atoms with E-state index in [-0.39, 0.29) is 23.1 Å². The monoisotopic (exact) mass is 914 g/mol. The Labute approximate surface area is 417 Å². The van der Waals surface area contributed by atoms with E-state index in [0.29, 0.717) is 0 Å². The van der Waals surface area contributed by atoms with Gasteiger partial charge >= 0.3 is 6.85 Å². The van der Waals surface area contributed by atoms with E-state index in [1.165, 1.54) is 111 Å². The summed E-state index contributed by atoms with van der Waals surface area (Å²) in [5, 5.41) is 3.68. The van der Waals surface area contributed by atoms with Crippen molar-refractivity contribution in [1.29, 1.82) is 0 Å². The lowest BCUT2D eigenvalue weighted by Gasteiger charge is -2.52. The van der Waals surface area contributed by atoms with Crippen molar-refractivity contribution < 1.29 is 4.42 Å². The third kappa shape index (κ3) is 5.25. The summed E-state index contributed by atoms with van der Waals surface area (Å²) in [5.41, 5.74) is 24.8. The van der Waals surface area contributed by atoms with E-state index in [4.69, 9.17) is 4.42 Å². The third-order valence-electron chi connectivity index (χ3n) is 17.7. The number of fused-ring (bicyclic) bond motifs is 18. The highest BCUT2D eigenvalue weighted by Crippen LogP contribution is 2.65. The minimum Gasteiger partial charge on any atom is -0.440 e. The third-order valence-corrected chi connectivity index (χ3v) is 17.7. The number of nitrogens with zero attached hydrogens (tertiary/aromatic N) is 2. The summed E-state index contributed by atoms with van der Waals surface area (Å²) in [6.07, 6.45) is 2.27. The van der Waals surface area contributed by atoms with Crippen LogP contribution in [0.5, 0.6) is 0 Å². The van der Waals surface area contributed by atoms with E-state index < -0.39 is 5.41 Å². The van der Waals surface area contributed by atoms with Gasteiger partial charge in [-0.2, -0.15) is 0 Å². The molecule has 15 rings (SSSR count). The van der Waals surface area contributed by atoms with E-state index >= 15 is 0 Å². The Morgan fingerprint density at radius 2 is 1.10 bits per heavy atom. The predicted octanol–water partition coefficient (Wildman–Crippen LogP) is 16.3. The molecule has 0 bridgehead atoms. The van der Waals surface area contributed by atoms with Crippen molar-refractivity contribution >= 4 is 68.1 Å². The SMILES string of the molecule is CC(C)(C)c1ccc(N2c3cc4ccccc4c4c3B(c3c2oc2cc5c(cc32)C(C)(C)CCC5(C)C)N2c3ccccc3C3(c5ccccc5-c5ccccc53)c3cccc-4c32)c(-c2ccccc2)c1. The summed E-state index contributed by atoms with van der Waals surface area (Å²) in [6, 6.07) is 69.7. The van der Waals surface area contributed by atoms with Crippen LogP contribution in [0.15, 0.2) is 186 Å². The first-order valence-corrected chi connectivity index (χ1v) is 25.8. The van der Waals surface area contributed by atoms with Crippen LogP contribution in [0.1, 0.15) is 100 Å². The van der Waals surface area contributed by atoms with Crippen LogP contribution in [-0.4, -0.2) is 6.85 Å². The van der Waals surface area contributed by atoms with Gasteiger partial charge in [-0.1, -0.05) is 194 Å². The zero-order valence-electron chi connectivity index (χ0n) is 41.6. The van der Waals surface area contributed by atoms with Gasteiger partial charge in [-0.15, -0.1) is 0 Å². The lowest BCUT2D eigenvalue weighted by molar-refractivity contribution is 0.332. The fourth-order valence-corrected chi connectivity index (χ4v) is 14.1. The van der Waals surface area contributed by atoms with Gasteiger partial charge in [0.2, 0.25) is 5.88 Å². The first kappa shape index (κ1) is 41.2. The van der Waals surface area contributed by atoms with Gasteiger partial charge in [0.25, 0.3) is 0 Å². The van der Waals surface area contributed by atoms with Gasteiger partial charge in [0.15, 0.2) is 0 Å². The average molecular weight is 915 g/mol. The number of anilines is 5. The first-order valence-electron chi connectivity index (χ1n) is 25.8. The largest absolute Gasteiger partial charge is 0.440 e. The Hall–Kier alpha value is -7.56. The smallest absolute Gasteiger partial charge is 0.337 e. The van der Waals surface area contributed by atoms with Gasteiger partial charge in [-0.3, -0.25) is 4.90 Å². The summed E-state index contributed by atoms with van der Waals surface area (Å²) >= 11 is 0. The van der Waals surface area contributed by atoms with E-state index in [9.17, 15) is 0 Å². The number of hydrogen-bond acceptors (Lipinski definition) is 3. The lowest BCUT2D eigenvalue weighted by Crippen LogP contribution is -2.63. The molecule has 0 fully saturated rings. The van der Waals surface area contributed by atoms with Gasteiger partial charge in [0, 0.05) is 39.0 Å². The van der Waals surface area contributed by atoms with Crippen molar-refractivity contribution in [3.8, 4) is 33.4 Å². The molecule has 3 nitrogen and oxygen atoms in total. The van der Waals surface area contributed by atoms with E-state index in [1.54, 1.807) is 0 Å². The quantitative estimate of drug-likeness (QED) is 0.161. The molecule has 1 aromatic heterocycles. The van der Waals surface area contributed by atoms with E-state index in [2.05, 4.69) is 240 Å². The number of hydrogen-bond donors (Lipinski definition) is 0. The molecule has 342 valence electrons. The second-order valence-corrected chi connectivity index (χ2v) is 23.4. The lowest BCUT2D eigenvalue weighted by atomic mass is 9.42. The number of furan rings is 1. The van der Waals surface area contributed by atoms with Crippen LogP contribution in [-0.2, 0) is 21.7 Å². The molecule has 9 aromatic carbocycles. The second-order valence-electron chi connectivity index (χ2n) is 23.4. The van der Waals surface area contributed by atoms with Gasteiger partial charge in [-0.25, -0.2) is 0 Å². The molecule has 4 heteroatoms. The number of para-hydroxylation sites is 2. The fraction of sp³-hybridized carbons (Fsp3) is 0.194. The highest BCUT2D eigenvalue weighted by Gasteiger charge is 2.57. The maximum atomic E-state index is 7.74. The Morgan fingerprint density at radius 1 is 0.479 bits per heavy atom. The highest BCUT2D eigenvalue weighted by atomic mass is 16.4. The standard InChI is InChI=1S/C67H55BN2O/c1-64(2,3)42-32-33-55(47(37-42)40-20-9-8-10-21-40)69-57-36-41-22-11-12-23-43(41)59-46-26-19-30-52-62(46)70(56-31-18-17-29-51(56)67(52)49-27-15-13-24-44(49)45-25-14-16-28-50(45)67)68(61(57)59)60-48-38-53-54(39-58(48)71-63(60)69)66(6,7)35-34-65(53,4)5/h8-33,36-39H,34-35H2,1-7H3. The summed E-state index contributed by atoms with van der Waals surface area (Å²) in [6.45, 7) is 16.5. The fourth-order valence-electron chi connectivity index (χ4n) is 14.1. The van der Waals surface area contributed by atoms with Gasteiger partial charge < -0.3 is 9.23 Å². The molecule has 5 aliphatic rings. The summed E-state index contributed by atoms with van der Waals surface area (Å²) in [5.74, 6) is 0.896. The maximum Gasteiger partial charge on any atom is 0.337 e. The van der Waals surface area contributed by atoms with Crippen LogP contribution >= 0.6 is 0 Å². The Kier molecular flexibility index (Phi) is 8.05. The first-order chi connectivity index (χ1) is 34.4. The van der Waals surface area contributed by atoms with Crippen molar-refractivity contribution in [2.75, 3.05) is 9.71 Å². The molecule has 4 heterocycles. The molecule has 0 N–H and O–H groups in total. The van der Waals surface area contributed by atoms with Crippen LogP contribution in [0.2, 0.25) is 0 Å². The maximum absolute atomic E-state index is 7.74. The molecular weight excluding hydrogens is 860 g/mol.